The second-order valence-electron chi connectivity index (χ2n) is 3.60. The number of carboxylic acids is 1. The lowest BCUT2D eigenvalue weighted by Gasteiger charge is -2.06. The number of hydrogen-bond acceptors (Lipinski definition) is 4. The Balaban J connectivity index is 2.30. The van der Waals surface area contributed by atoms with E-state index in [9.17, 15) is 4.79 Å². The molecule has 18 heavy (non-hydrogen) atoms. The molecule has 5 nitrogen and oxygen atoms in total. The third-order valence-electron chi connectivity index (χ3n) is 2.14. The maximum atomic E-state index is 10.9. The van der Waals surface area contributed by atoms with Gasteiger partial charge in [-0.2, -0.15) is 0 Å². The number of benzene rings is 1. The van der Waals surface area contributed by atoms with Crippen LogP contribution in [0.5, 0.6) is 11.8 Å². The Morgan fingerprint density at radius 1 is 1.33 bits per heavy atom. The molecule has 92 valence electrons. The Hall–Kier alpha value is -1.70. The lowest BCUT2D eigenvalue weighted by atomic mass is 10.2. The Bertz CT molecular complexity index is 584. The molecule has 0 aliphatic carbocycles. The fraction of sp³-hybridized carbons (Fsp3) is 0.0833. The minimum absolute atomic E-state index is 0.164. The third kappa shape index (κ3) is 2.95. The van der Waals surface area contributed by atoms with Crippen LogP contribution in [0.1, 0.15) is 15.9 Å². The first kappa shape index (κ1) is 12.7. The molecule has 0 saturated carbocycles. The number of aromatic nitrogens is 2. The summed E-state index contributed by atoms with van der Waals surface area (Å²) in [6, 6.07) is 4.84. The van der Waals surface area contributed by atoms with Crippen LogP contribution in [0.4, 0.5) is 0 Å². The highest BCUT2D eigenvalue weighted by Crippen LogP contribution is 2.25. The first-order chi connectivity index (χ1) is 8.56. The molecule has 0 bridgehead atoms. The molecule has 0 atom stereocenters. The number of carboxylic acid groups (broad SMARTS) is 1. The minimum Gasteiger partial charge on any atom is -0.478 e. The molecule has 1 aromatic carbocycles. The maximum Gasteiger partial charge on any atom is 0.335 e. The van der Waals surface area contributed by atoms with Gasteiger partial charge in [0.2, 0.25) is 0 Å². The van der Waals surface area contributed by atoms with Gasteiger partial charge in [-0.25, -0.2) is 14.8 Å². The lowest BCUT2D eigenvalue weighted by Crippen LogP contribution is -1.99. The molecule has 0 unspecified atom stereocenters. The summed E-state index contributed by atoms with van der Waals surface area (Å²) in [6.45, 7) is 1.87. The van der Waals surface area contributed by atoms with Gasteiger partial charge in [-0.3, -0.25) is 0 Å². The number of ether oxygens (including phenoxy) is 1. The second kappa shape index (κ2) is 5.30. The van der Waals surface area contributed by atoms with Crippen molar-refractivity contribution in [2.45, 2.75) is 6.92 Å². The number of nitrogens with zero attached hydrogens (tertiary/aromatic N) is 2. The Morgan fingerprint density at radius 3 is 2.61 bits per heavy atom. The number of hydrogen-bond donors (Lipinski definition) is 1. The largest absolute Gasteiger partial charge is 0.478 e. The van der Waals surface area contributed by atoms with Crippen LogP contribution in [0.2, 0.25) is 0 Å². The molecule has 0 radical (unpaired) electrons. The first-order valence-electron chi connectivity index (χ1n) is 5.05. The van der Waals surface area contributed by atoms with E-state index < -0.39 is 5.97 Å². The van der Waals surface area contributed by atoms with Gasteiger partial charge in [-0.05, 0) is 53.3 Å². The lowest BCUT2D eigenvalue weighted by molar-refractivity contribution is 0.0696. The highest BCUT2D eigenvalue weighted by Gasteiger charge is 2.09. The molecular weight excluding hydrogens is 347 g/mol. The molecule has 1 aromatic heterocycles. The number of halogens is 1. The zero-order valence-electron chi connectivity index (χ0n) is 9.42. The molecule has 2 rings (SSSR count). The van der Waals surface area contributed by atoms with Crippen molar-refractivity contribution in [3.63, 3.8) is 0 Å². The van der Waals surface area contributed by atoms with Crippen molar-refractivity contribution in [3.8, 4) is 11.8 Å². The summed E-state index contributed by atoms with van der Waals surface area (Å²) in [4.78, 5) is 18.9. The van der Waals surface area contributed by atoms with E-state index in [1.54, 1.807) is 18.5 Å². The van der Waals surface area contributed by atoms with Crippen LogP contribution in [0.25, 0.3) is 0 Å². The highest BCUT2D eigenvalue weighted by atomic mass is 127. The van der Waals surface area contributed by atoms with E-state index in [2.05, 4.69) is 32.6 Å². The van der Waals surface area contributed by atoms with Crippen LogP contribution < -0.4 is 4.74 Å². The van der Waals surface area contributed by atoms with Crippen LogP contribution in [0, 0.1) is 10.5 Å². The van der Waals surface area contributed by atoms with E-state index >= 15 is 0 Å². The van der Waals surface area contributed by atoms with Gasteiger partial charge in [0, 0.05) is 12.4 Å². The predicted molar refractivity (Wildman–Crippen MR) is 73.0 cm³/mol. The number of rotatable bonds is 3. The first-order valence-corrected chi connectivity index (χ1v) is 6.13. The van der Waals surface area contributed by atoms with Gasteiger partial charge >= 0.3 is 12.0 Å². The normalized spacial score (nSPS) is 10.1. The van der Waals surface area contributed by atoms with Gasteiger partial charge in [0.25, 0.3) is 0 Å². The van der Waals surface area contributed by atoms with Gasteiger partial charge in [-0.1, -0.05) is 0 Å². The summed E-state index contributed by atoms with van der Waals surface area (Å²) < 4.78 is 6.26. The van der Waals surface area contributed by atoms with Gasteiger partial charge in [-0.15, -0.1) is 0 Å². The van der Waals surface area contributed by atoms with Crippen molar-refractivity contribution < 1.29 is 14.6 Å². The van der Waals surface area contributed by atoms with Crippen LogP contribution in [0.3, 0.4) is 0 Å². The molecular formula is C12H9IN2O3. The summed E-state index contributed by atoms with van der Waals surface area (Å²) in [5.74, 6) is -0.569. The van der Waals surface area contributed by atoms with Crippen LogP contribution >= 0.6 is 22.6 Å². The maximum absolute atomic E-state index is 10.9. The van der Waals surface area contributed by atoms with Gasteiger partial charge < -0.3 is 9.84 Å². The molecule has 2 aromatic rings. The van der Waals surface area contributed by atoms with Crippen molar-refractivity contribution in [2.24, 2.45) is 0 Å². The summed E-state index contributed by atoms with van der Waals surface area (Å²) in [5, 5.41) is 8.91. The number of aromatic carboxylic acids is 1. The molecule has 6 heteroatoms. The van der Waals surface area contributed by atoms with Crippen LogP contribution in [0.15, 0.2) is 30.6 Å². The molecule has 0 amide bonds. The molecule has 1 N–H and O–H groups in total. The topological polar surface area (TPSA) is 72.3 Å². The SMILES string of the molecule is Cc1cnc(Oc2cc(C(=O)O)ccc2I)nc1. The molecule has 0 saturated heterocycles. The van der Waals surface area contributed by atoms with E-state index in [4.69, 9.17) is 9.84 Å². The second-order valence-corrected chi connectivity index (χ2v) is 4.76. The van der Waals surface area contributed by atoms with E-state index in [0.717, 1.165) is 9.13 Å². The van der Waals surface area contributed by atoms with Crippen molar-refractivity contribution in [3.05, 3.63) is 45.3 Å². The standard InChI is InChI=1S/C12H9IN2O3/c1-7-5-14-12(15-6-7)18-10-4-8(11(16)17)2-3-9(10)13/h2-6H,1H3,(H,16,17). The van der Waals surface area contributed by atoms with Crippen molar-refractivity contribution in [1.82, 2.24) is 9.97 Å². The zero-order chi connectivity index (χ0) is 13.1. The highest BCUT2D eigenvalue weighted by molar-refractivity contribution is 14.1. The Kier molecular flexibility index (Phi) is 3.75. The van der Waals surface area contributed by atoms with E-state index in [0.29, 0.717) is 5.75 Å². The van der Waals surface area contributed by atoms with Gasteiger partial charge in [0.1, 0.15) is 5.75 Å². The minimum atomic E-state index is -0.999. The molecule has 0 spiro atoms. The number of carbonyl (C=O) groups is 1. The Labute approximate surface area is 117 Å². The summed E-state index contributed by atoms with van der Waals surface area (Å²) in [7, 11) is 0. The summed E-state index contributed by atoms with van der Waals surface area (Å²) >= 11 is 2.06. The Morgan fingerprint density at radius 2 is 2.00 bits per heavy atom. The zero-order valence-corrected chi connectivity index (χ0v) is 11.6. The fourth-order valence-corrected chi connectivity index (χ4v) is 1.69. The molecule has 0 aliphatic heterocycles. The van der Waals surface area contributed by atoms with Gasteiger partial charge in [0.05, 0.1) is 9.13 Å². The third-order valence-corrected chi connectivity index (χ3v) is 3.03. The fourth-order valence-electron chi connectivity index (χ4n) is 1.25. The van der Waals surface area contributed by atoms with Crippen molar-refractivity contribution in [1.29, 1.82) is 0 Å². The summed E-state index contributed by atoms with van der Waals surface area (Å²) in [6.07, 6.45) is 3.27. The number of aryl methyl sites for hydroxylation is 1. The smallest absolute Gasteiger partial charge is 0.335 e. The van der Waals surface area contributed by atoms with Crippen LogP contribution in [-0.4, -0.2) is 21.0 Å². The van der Waals surface area contributed by atoms with E-state index in [1.165, 1.54) is 12.1 Å². The predicted octanol–water partition coefficient (Wildman–Crippen LogP) is 2.88. The average molecular weight is 356 g/mol. The quantitative estimate of drug-likeness (QED) is 0.857. The van der Waals surface area contributed by atoms with E-state index in [-0.39, 0.29) is 11.6 Å². The van der Waals surface area contributed by atoms with Crippen molar-refractivity contribution >= 4 is 28.6 Å². The van der Waals surface area contributed by atoms with E-state index in [1.807, 2.05) is 6.92 Å². The molecule has 0 aliphatic rings. The molecule has 0 fully saturated rings. The van der Waals surface area contributed by atoms with Crippen molar-refractivity contribution in [2.75, 3.05) is 0 Å². The summed E-state index contributed by atoms with van der Waals surface area (Å²) in [5.41, 5.74) is 1.09. The van der Waals surface area contributed by atoms with Gasteiger partial charge in [0.15, 0.2) is 0 Å². The molecule has 1 heterocycles. The monoisotopic (exact) mass is 356 g/mol. The van der Waals surface area contributed by atoms with Crippen LogP contribution in [-0.2, 0) is 0 Å². The average Bonchev–Trinajstić information content (AvgIpc) is 2.34.